The quantitative estimate of drug-likeness (QED) is 0.757. The van der Waals surface area contributed by atoms with Gasteiger partial charge in [-0.1, -0.05) is 54.6 Å². The summed E-state index contributed by atoms with van der Waals surface area (Å²) >= 11 is 0. The Morgan fingerprint density at radius 2 is 1.61 bits per heavy atom. The van der Waals surface area contributed by atoms with Crippen LogP contribution >= 0.6 is 0 Å². The van der Waals surface area contributed by atoms with Gasteiger partial charge in [0.25, 0.3) is 5.91 Å². The number of carbonyl (C=O) groups is 2. The summed E-state index contributed by atoms with van der Waals surface area (Å²) in [5.74, 6) is -0.893. The molecule has 1 N–H and O–H groups in total. The van der Waals surface area contributed by atoms with Crippen molar-refractivity contribution in [2.45, 2.75) is 19.0 Å². The van der Waals surface area contributed by atoms with Crippen LogP contribution in [0.3, 0.4) is 0 Å². The summed E-state index contributed by atoms with van der Waals surface area (Å²) in [6.07, 6.45) is 0.428. The maximum Gasteiger partial charge on any atom is 0.259 e. The smallest absolute Gasteiger partial charge is 0.259 e. The van der Waals surface area contributed by atoms with Gasteiger partial charge in [0, 0.05) is 29.8 Å². The average Bonchev–Trinajstić information content (AvgIpc) is 3.13. The second kappa shape index (κ2) is 7.64. The zero-order valence-electron chi connectivity index (χ0n) is 15.1. The summed E-state index contributed by atoms with van der Waals surface area (Å²) in [5.41, 5.74) is 2.61. The van der Waals surface area contributed by atoms with E-state index in [1.807, 2.05) is 30.3 Å². The first kappa shape index (κ1) is 17.9. The van der Waals surface area contributed by atoms with Crippen molar-refractivity contribution in [3.05, 3.63) is 101 Å². The first-order valence-electron chi connectivity index (χ1n) is 9.13. The average molecular weight is 374 g/mol. The van der Waals surface area contributed by atoms with E-state index in [9.17, 15) is 14.0 Å². The first-order chi connectivity index (χ1) is 13.6. The predicted molar refractivity (Wildman–Crippen MR) is 105 cm³/mol. The Labute approximate surface area is 162 Å². The number of rotatable bonds is 4. The highest BCUT2D eigenvalue weighted by molar-refractivity contribution is 6.11. The molecule has 1 atom stereocenters. The van der Waals surface area contributed by atoms with E-state index in [4.69, 9.17) is 0 Å². The molecule has 0 aromatic heterocycles. The number of amides is 2. The molecule has 1 aliphatic heterocycles. The summed E-state index contributed by atoms with van der Waals surface area (Å²) < 4.78 is 13.8. The Bertz CT molecular complexity index is 1020. The van der Waals surface area contributed by atoms with Crippen molar-refractivity contribution in [3.63, 3.8) is 0 Å². The molecule has 0 fully saturated rings. The number of carbonyl (C=O) groups excluding carboxylic acids is 2. The van der Waals surface area contributed by atoms with Crippen LogP contribution < -0.4 is 10.2 Å². The van der Waals surface area contributed by atoms with Crippen molar-refractivity contribution in [3.8, 4) is 0 Å². The summed E-state index contributed by atoms with van der Waals surface area (Å²) in [4.78, 5) is 27.6. The van der Waals surface area contributed by atoms with E-state index in [2.05, 4.69) is 5.32 Å². The number of hydrogen-bond donors (Lipinski definition) is 1. The molecule has 0 aliphatic carbocycles. The van der Waals surface area contributed by atoms with Crippen LogP contribution in [0.4, 0.5) is 10.1 Å². The van der Waals surface area contributed by atoms with E-state index in [0.29, 0.717) is 17.5 Å². The Balaban J connectivity index is 1.59. The predicted octanol–water partition coefficient (Wildman–Crippen LogP) is 3.71. The number of nitrogens with one attached hydrogen (secondary N) is 1. The van der Waals surface area contributed by atoms with Gasteiger partial charge in [-0.15, -0.1) is 0 Å². The lowest BCUT2D eigenvalue weighted by Gasteiger charge is -2.25. The number of nitrogens with zero attached hydrogens (tertiary/aromatic N) is 1. The largest absolute Gasteiger partial charge is 0.350 e. The Kier molecular flexibility index (Phi) is 4.89. The second-order valence-electron chi connectivity index (χ2n) is 6.70. The lowest BCUT2D eigenvalue weighted by molar-refractivity contribution is -0.122. The topological polar surface area (TPSA) is 49.4 Å². The van der Waals surface area contributed by atoms with Gasteiger partial charge >= 0.3 is 0 Å². The van der Waals surface area contributed by atoms with Crippen molar-refractivity contribution >= 4 is 17.5 Å². The van der Waals surface area contributed by atoms with Gasteiger partial charge in [0.2, 0.25) is 5.91 Å². The van der Waals surface area contributed by atoms with Crippen molar-refractivity contribution in [1.82, 2.24) is 5.32 Å². The molecule has 1 aliphatic rings. The van der Waals surface area contributed by atoms with Crippen LogP contribution in [0.25, 0.3) is 0 Å². The zero-order valence-corrected chi connectivity index (χ0v) is 15.1. The number of para-hydroxylation sites is 1. The van der Waals surface area contributed by atoms with Crippen LogP contribution in [-0.4, -0.2) is 17.9 Å². The van der Waals surface area contributed by atoms with Gasteiger partial charge in [0.1, 0.15) is 11.9 Å². The molecule has 140 valence electrons. The van der Waals surface area contributed by atoms with Crippen LogP contribution in [0.2, 0.25) is 0 Å². The maximum atomic E-state index is 13.8. The second-order valence-corrected chi connectivity index (χ2v) is 6.70. The normalized spacial score (nSPS) is 15.2. The molecule has 5 heteroatoms. The van der Waals surface area contributed by atoms with Gasteiger partial charge in [-0.3, -0.25) is 14.5 Å². The lowest BCUT2D eigenvalue weighted by Crippen LogP contribution is -2.48. The molecule has 3 aromatic carbocycles. The zero-order chi connectivity index (χ0) is 19.5. The van der Waals surface area contributed by atoms with Crippen LogP contribution in [0.15, 0.2) is 78.9 Å². The Hall–Kier alpha value is -3.47. The minimum atomic E-state index is -0.670. The summed E-state index contributed by atoms with van der Waals surface area (Å²) in [5, 5.41) is 2.78. The summed E-state index contributed by atoms with van der Waals surface area (Å²) in [6, 6.07) is 22.1. The minimum Gasteiger partial charge on any atom is -0.350 e. The molecule has 0 spiro atoms. The third-order valence-electron chi connectivity index (χ3n) is 4.93. The van der Waals surface area contributed by atoms with Crippen LogP contribution in [0.5, 0.6) is 0 Å². The molecule has 0 bridgehead atoms. The third-order valence-corrected chi connectivity index (χ3v) is 4.93. The number of halogens is 1. The highest BCUT2D eigenvalue weighted by Gasteiger charge is 2.38. The van der Waals surface area contributed by atoms with E-state index in [-0.39, 0.29) is 24.2 Å². The highest BCUT2D eigenvalue weighted by Crippen LogP contribution is 2.33. The molecular formula is C23H19FN2O2. The minimum absolute atomic E-state index is 0.0751. The van der Waals surface area contributed by atoms with Crippen LogP contribution in [0, 0.1) is 5.82 Å². The molecule has 1 heterocycles. The molecule has 4 nitrogen and oxygen atoms in total. The van der Waals surface area contributed by atoms with Gasteiger partial charge in [0.05, 0.1) is 0 Å². The Morgan fingerprint density at radius 1 is 0.929 bits per heavy atom. The fraction of sp³-hybridized carbons (Fsp3) is 0.130. The molecule has 0 radical (unpaired) electrons. The fourth-order valence-corrected chi connectivity index (χ4v) is 3.51. The van der Waals surface area contributed by atoms with Crippen LogP contribution in [-0.2, 0) is 17.8 Å². The SMILES string of the molecule is O=C(NCc1ccccc1F)C1Cc2ccccc2N1C(=O)c1ccccc1. The fourth-order valence-electron chi connectivity index (χ4n) is 3.51. The summed E-state index contributed by atoms with van der Waals surface area (Å²) in [6.45, 7) is 0.0751. The molecule has 28 heavy (non-hydrogen) atoms. The molecular weight excluding hydrogens is 355 g/mol. The van der Waals surface area contributed by atoms with Crippen molar-refractivity contribution < 1.29 is 14.0 Å². The molecule has 1 unspecified atom stereocenters. The number of benzene rings is 3. The van der Waals surface area contributed by atoms with E-state index >= 15 is 0 Å². The molecule has 4 rings (SSSR count). The van der Waals surface area contributed by atoms with E-state index in [0.717, 1.165) is 11.3 Å². The van der Waals surface area contributed by atoms with Gasteiger partial charge in [-0.05, 0) is 29.8 Å². The number of anilines is 1. The van der Waals surface area contributed by atoms with Crippen LogP contribution in [0.1, 0.15) is 21.5 Å². The van der Waals surface area contributed by atoms with Gasteiger partial charge in [0.15, 0.2) is 0 Å². The standard InChI is InChI=1S/C23H19FN2O2/c24-19-12-6-4-11-18(19)15-25-22(27)21-14-17-10-5-7-13-20(17)26(21)23(28)16-8-2-1-3-9-16/h1-13,21H,14-15H2,(H,25,27). The molecule has 2 amide bonds. The van der Waals surface area contributed by atoms with Gasteiger partial charge in [-0.25, -0.2) is 4.39 Å². The number of fused-ring (bicyclic) bond motifs is 1. The van der Waals surface area contributed by atoms with E-state index in [1.54, 1.807) is 47.4 Å². The molecule has 3 aromatic rings. The highest BCUT2D eigenvalue weighted by atomic mass is 19.1. The van der Waals surface area contributed by atoms with E-state index in [1.165, 1.54) is 6.07 Å². The van der Waals surface area contributed by atoms with Gasteiger partial charge in [-0.2, -0.15) is 0 Å². The molecule has 0 saturated carbocycles. The Morgan fingerprint density at radius 3 is 2.39 bits per heavy atom. The third kappa shape index (κ3) is 3.39. The summed E-state index contributed by atoms with van der Waals surface area (Å²) in [7, 11) is 0. The number of hydrogen-bond acceptors (Lipinski definition) is 2. The maximum absolute atomic E-state index is 13.8. The molecule has 0 saturated heterocycles. The van der Waals surface area contributed by atoms with Crippen molar-refractivity contribution in [2.75, 3.05) is 4.90 Å². The monoisotopic (exact) mass is 374 g/mol. The van der Waals surface area contributed by atoms with E-state index < -0.39 is 6.04 Å². The van der Waals surface area contributed by atoms with Crippen molar-refractivity contribution in [2.24, 2.45) is 0 Å². The van der Waals surface area contributed by atoms with Gasteiger partial charge < -0.3 is 5.32 Å². The lowest BCUT2D eigenvalue weighted by atomic mass is 10.1. The van der Waals surface area contributed by atoms with Crippen molar-refractivity contribution in [1.29, 1.82) is 0 Å². The first-order valence-corrected chi connectivity index (χ1v) is 9.13.